The Kier molecular flexibility index (Phi) is 5.87. The Hall–Kier alpha value is -3.59. The van der Waals surface area contributed by atoms with E-state index >= 15 is 0 Å². The number of carbonyl (C=O) groups is 3. The Morgan fingerprint density at radius 3 is 2.52 bits per heavy atom. The number of amides is 3. The number of anilines is 2. The van der Waals surface area contributed by atoms with Crippen LogP contribution >= 0.6 is 0 Å². The zero-order chi connectivity index (χ0) is 22.8. The molecule has 2 aromatic carbocycles. The molecule has 9 heteroatoms. The van der Waals surface area contributed by atoms with E-state index in [1.54, 1.807) is 17.0 Å². The zero-order valence-electron chi connectivity index (χ0n) is 18.2. The minimum Gasteiger partial charge on any atom is -0.454 e. The van der Waals surface area contributed by atoms with Crippen molar-refractivity contribution in [3.8, 4) is 11.5 Å². The summed E-state index contributed by atoms with van der Waals surface area (Å²) in [5, 5.41) is 2.89. The molecule has 0 bridgehead atoms. The van der Waals surface area contributed by atoms with Gasteiger partial charge in [0.2, 0.25) is 24.5 Å². The van der Waals surface area contributed by atoms with E-state index in [0.29, 0.717) is 49.9 Å². The molecule has 0 aromatic heterocycles. The summed E-state index contributed by atoms with van der Waals surface area (Å²) in [5.41, 5.74) is 1.49. The van der Waals surface area contributed by atoms with E-state index in [1.807, 2.05) is 46.2 Å². The van der Waals surface area contributed by atoms with Crippen LogP contribution in [0.25, 0.3) is 0 Å². The first-order valence-corrected chi connectivity index (χ1v) is 11.1. The van der Waals surface area contributed by atoms with E-state index in [9.17, 15) is 14.4 Å². The molecule has 0 radical (unpaired) electrons. The fraction of sp³-hybridized carbons (Fsp3) is 0.375. The lowest BCUT2D eigenvalue weighted by molar-refractivity contribution is -0.137. The first-order chi connectivity index (χ1) is 16.1. The van der Waals surface area contributed by atoms with Crippen LogP contribution in [0.3, 0.4) is 0 Å². The SMILES string of the molecule is O=C(CN1CCN(C(=O)C2CC(=O)N(c3ccc4c(c3)OCO4)C2)CC1)Nc1ccccc1. The predicted octanol–water partition coefficient (Wildman–Crippen LogP) is 1.55. The lowest BCUT2D eigenvalue weighted by Gasteiger charge is -2.35. The van der Waals surface area contributed by atoms with Crippen LogP contribution in [-0.4, -0.2) is 73.6 Å². The normalized spacial score (nSPS) is 20.2. The summed E-state index contributed by atoms with van der Waals surface area (Å²) in [6, 6.07) is 14.7. The van der Waals surface area contributed by atoms with Gasteiger partial charge in [0, 0.05) is 56.6 Å². The zero-order valence-corrected chi connectivity index (χ0v) is 18.2. The lowest BCUT2D eigenvalue weighted by Crippen LogP contribution is -2.52. The smallest absolute Gasteiger partial charge is 0.238 e. The van der Waals surface area contributed by atoms with Crippen LogP contribution in [0, 0.1) is 5.92 Å². The summed E-state index contributed by atoms with van der Waals surface area (Å²) in [4.78, 5) is 43.5. The van der Waals surface area contributed by atoms with Gasteiger partial charge >= 0.3 is 0 Å². The molecule has 3 aliphatic heterocycles. The molecule has 1 unspecified atom stereocenters. The van der Waals surface area contributed by atoms with Gasteiger partial charge in [-0.2, -0.15) is 0 Å². The second-order valence-electron chi connectivity index (χ2n) is 8.46. The van der Waals surface area contributed by atoms with E-state index < -0.39 is 0 Å². The largest absolute Gasteiger partial charge is 0.454 e. The van der Waals surface area contributed by atoms with Gasteiger partial charge in [-0.3, -0.25) is 19.3 Å². The van der Waals surface area contributed by atoms with E-state index in [1.165, 1.54) is 0 Å². The highest BCUT2D eigenvalue weighted by Gasteiger charge is 2.38. The number of nitrogens with one attached hydrogen (secondary N) is 1. The van der Waals surface area contributed by atoms with Gasteiger partial charge in [0.05, 0.1) is 12.5 Å². The number of ether oxygens (including phenoxy) is 2. The van der Waals surface area contributed by atoms with Crippen LogP contribution in [0.4, 0.5) is 11.4 Å². The van der Waals surface area contributed by atoms with Gasteiger partial charge in [-0.1, -0.05) is 18.2 Å². The van der Waals surface area contributed by atoms with Crippen molar-refractivity contribution >= 4 is 29.1 Å². The number of fused-ring (bicyclic) bond motifs is 1. The van der Waals surface area contributed by atoms with Crippen LogP contribution < -0.4 is 19.7 Å². The maximum absolute atomic E-state index is 13.1. The monoisotopic (exact) mass is 450 g/mol. The number of carbonyl (C=O) groups excluding carboxylic acids is 3. The first-order valence-electron chi connectivity index (χ1n) is 11.1. The molecule has 2 fully saturated rings. The standard InChI is InChI=1S/C24H26N4O5/c29-22(25-18-4-2-1-3-5-18)15-26-8-10-27(11-9-26)24(31)17-12-23(30)28(14-17)19-6-7-20-21(13-19)33-16-32-20/h1-7,13,17H,8-12,14-16H2,(H,25,29). The molecule has 0 saturated carbocycles. The number of benzene rings is 2. The molecule has 1 atom stereocenters. The molecule has 0 spiro atoms. The van der Waals surface area contributed by atoms with Crippen LogP contribution in [0.2, 0.25) is 0 Å². The molecule has 3 aliphatic rings. The molecular formula is C24H26N4O5. The molecule has 9 nitrogen and oxygen atoms in total. The summed E-state index contributed by atoms with van der Waals surface area (Å²) >= 11 is 0. The highest BCUT2D eigenvalue weighted by molar-refractivity contribution is 6.00. The molecular weight excluding hydrogens is 424 g/mol. The average molecular weight is 450 g/mol. The molecule has 2 aromatic rings. The highest BCUT2D eigenvalue weighted by Crippen LogP contribution is 2.37. The second-order valence-corrected chi connectivity index (χ2v) is 8.46. The van der Waals surface area contributed by atoms with Crippen molar-refractivity contribution < 1.29 is 23.9 Å². The molecule has 33 heavy (non-hydrogen) atoms. The van der Waals surface area contributed by atoms with Gasteiger partial charge in [0.1, 0.15) is 0 Å². The summed E-state index contributed by atoms with van der Waals surface area (Å²) in [6.45, 7) is 3.17. The topological polar surface area (TPSA) is 91.4 Å². The van der Waals surface area contributed by atoms with Crippen LogP contribution in [0.15, 0.2) is 48.5 Å². The van der Waals surface area contributed by atoms with Crippen molar-refractivity contribution in [2.24, 2.45) is 5.92 Å². The summed E-state index contributed by atoms with van der Waals surface area (Å²) in [5.74, 6) is 0.775. The number of nitrogens with zero attached hydrogens (tertiary/aromatic N) is 3. The number of rotatable bonds is 5. The molecule has 0 aliphatic carbocycles. The molecule has 2 saturated heterocycles. The Bertz CT molecular complexity index is 1050. The predicted molar refractivity (Wildman–Crippen MR) is 121 cm³/mol. The van der Waals surface area contributed by atoms with Crippen molar-refractivity contribution in [2.75, 3.05) is 56.3 Å². The van der Waals surface area contributed by atoms with E-state index in [-0.39, 0.29) is 43.4 Å². The van der Waals surface area contributed by atoms with Crippen molar-refractivity contribution in [1.29, 1.82) is 0 Å². The summed E-state index contributed by atoms with van der Waals surface area (Å²) in [6.07, 6.45) is 0.201. The third kappa shape index (κ3) is 4.63. The Morgan fingerprint density at radius 1 is 0.970 bits per heavy atom. The summed E-state index contributed by atoms with van der Waals surface area (Å²) < 4.78 is 10.7. The van der Waals surface area contributed by atoms with Crippen molar-refractivity contribution in [1.82, 2.24) is 9.80 Å². The van der Waals surface area contributed by atoms with Crippen LogP contribution in [-0.2, 0) is 14.4 Å². The Labute approximate surface area is 191 Å². The van der Waals surface area contributed by atoms with Crippen LogP contribution in [0.5, 0.6) is 11.5 Å². The molecule has 172 valence electrons. The first kappa shape index (κ1) is 21.3. The number of piperazine rings is 1. The van der Waals surface area contributed by atoms with Gasteiger partial charge in [0.25, 0.3) is 0 Å². The van der Waals surface area contributed by atoms with E-state index in [2.05, 4.69) is 5.32 Å². The quantitative estimate of drug-likeness (QED) is 0.743. The third-order valence-electron chi connectivity index (χ3n) is 6.25. The third-order valence-corrected chi connectivity index (χ3v) is 6.25. The maximum atomic E-state index is 13.1. The lowest BCUT2D eigenvalue weighted by atomic mass is 10.1. The van der Waals surface area contributed by atoms with E-state index in [0.717, 1.165) is 5.69 Å². The Balaban J connectivity index is 1.12. The maximum Gasteiger partial charge on any atom is 0.238 e. The number of hydrogen-bond acceptors (Lipinski definition) is 6. The minimum absolute atomic E-state index is 0.0000181. The molecule has 3 amide bonds. The van der Waals surface area contributed by atoms with Gasteiger partial charge in [0.15, 0.2) is 11.5 Å². The van der Waals surface area contributed by atoms with Gasteiger partial charge in [-0.05, 0) is 24.3 Å². The fourth-order valence-electron chi connectivity index (χ4n) is 4.49. The minimum atomic E-state index is -0.365. The molecule has 3 heterocycles. The van der Waals surface area contributed by atoms with Crippen molar-refractivity contribution in [2.45, 2.75) is 6.42 Å². The Morgan fingerprint density at radius 2 is 1.73 bits per heavy atom. The van der Waals surface area contributed by atoms with E-state index in [4.69, 9.17) is 9.47 Å². The van der Waals surface area contributed by atoms with Gasteiger partial charge in [-0.15, -0.1) is 0 Å². The van der Waals surface area contributed by atoms with Crippen molar-refractivity contribution in [3.05, 3.63) is 48.5 Å². The number of para-hydroxylation sites is 1. The van der Waals surface area contributed by atoms with Crippen LogP contribution in [0.1, 0.15) is 6.42 Å². The molecule has 1 N–H and O–H groups in total. The number of hydrogen-bond donors (Lipinski definition) is 1. The fourth-order valence-corrected chi connectivity index (χ4v) is 4.49. The summed E-state index contributed by atoms with van der Waals surface area (Å²) in [7, 11) is 0. The highest BCUT2D eigenvalue weighted by atomic mass is 16.7. The van der Waals surface area contributed by atoms with Crippen molar-refractivity contribution in [3.63, 3.8) is 0 Å². The molecule has 5 rings (SSSR count). The van der Waals surface area contributed by atoms with Gasteiger partial charge < -0.3 is 24.6 Å². The second kappa shape index (κ2) is 9.11. The van der Waals surface area contributed by atoms with Gasteiger partial charge in [-0.25, -0.2) is 0 Å². The average Bonchev–Trinajstić information content (AvgIpc) is 3.45.